The molecule has 0 aliphatic carbocycles. The van der Waals surface area contributed by atoms with E-state index in [4.69, 9.17) is 9.57 Å². The zero-order valence-corrected chi connectivity index (χ0v) is 19.5. The Balaban J connectivity index is 1.54. The molecule has 2 aliphatic rings. The lowest BCUT2D eigenvalue weighted by atomic mass is 10.1. The molecule has 0 radical (unpaired) electrons. The van der Waals surface area contributed by atoms with Gasteiger partial charge in [0.2, 0.25) is 0 Å². The highest BCUT2D eigenvalue weighted by Gasteiger charge is 2.19. The van der Waals surface area contributed by atoms with Gasteiger partial charge in [-0.1, -0.05) is 11.6 Å². The molecule has 5 nitrogen and oxygen atoms in total. The van der Waals surface area contributed by atoms with Gasteiger partial charge in [0.1, 0.15) is 17.1 Å². The molecule has 2 saturated heterocycles. The van der Waals surface area contributed by atoms with Gasteiger partial charge < -0.3 is 14.5 Å². The predicted molar refractivity (Wildman–Crippen MR) is 124 cm³/mol. The summed E-state index contributed by atoms with van der Waals surface area (Å²) >= 11 is 0. The van der Waals surface area contributed by atoms with Gasteiger partial charge in [-0.05, 0) is 104 Å². The summed E-state index contributed by atoms with van der Waals surface area (Å²) in [5, 5.41) is 4.54. The normalized spacial score (nSPS) is 21.7. The Kier molecular flexibility index (Phi) is 8.58. The Morgan fingerprint density at radius 3 is 2.40 bits per heavy atom. The van der Waals surface area contributed by atoms with Crippen LogP contribution in [0.25, 0.3) is 0 Å². The predicted octanol–water partition coefficient (Wildman–Crippen LogP) is 4.94. The van der Waals surface area contributed by atoms with Crippen LogP contribution in [-0.2, 0) is 4.84 Å². The van der Waals surface area contributed by atoms with E-state index in [9.17, 15) is 0 Å². The van der Waals surface area contributed by atoms with Crippen molar-refractivity contribution >= 4 is 5.71 Å². The monoisotopic (exact) mass is 415 g/mol. The summed E-state index contributed by atoms with van der Waals surface area (Å²) in [7, 11) is 0. The fourth-order valence-corrected chi connectivity index (χ4v) is 4.22. The summed E-state index contributed by atoms with van der Waals surface area (Å²) in [6, 6.07) is 9.10. The average molecular weight is 416 g/mol. The number of hydrogen-bond acceptors (Lipinski definition) is 5. The zero-order valence-electron chi connectivity index (χ0n) is 19.5. The molecule has 2 aliphatic heterocycles. The van der Waals surface area contributed by atoms with Gasteiger partial charge in [-0.3, -0.25) is 4.90 Å². The van der Waals surface area contributed by atoms with Crippen LogP contribution in [-0.4, -0.2) is 66.5 Å². The van der Waals surface area contributed by atoms with E-state index in [1.165, 1.54) is 38.6 Å². The number of likely N-dealkylation sites (tertiary alicyclic amines) is 2. The third-order valence-corrected chi connectivity index (χ3v) is 5.99. The van der Waals surface area contributed by atoms with Gasteiger partial charge in [-0.2, -0.15) is 0 Å². The zero-order chi connectivity index (χ0) is 21.4. The Morgan fingerprint density at radius 1 is 1.03 bits per heavy atom. The van der Waals surface area contributed by atoms with Crippen LogP contribution in [0, 0.1) is 0 Å². The maximum absolute atomic E-state index is 5.99. The summed E-state index contributed by atoms with van der Waals surface area (Å²) in [6.07, 6.45) is 7.64. The van der Waals surface area contributed by atoms with E-state index in [-0.39, 0.29) is 5.60 Å². The standard InChI is InChI=1S/C25H41N3O2/c1-21-10-8-17-28(21)18-9-19-29-23-13-11-22(12-14-23)24(26-30-25(2,3)4)20-27-15-6-5-7-16-27/h11-14,21H,5-10,15-20H2,1-4H3. The number of oxime groups is 1. The number of benzene rings is 1. The van der Waals surface area contributed by atoms with E-state index >= 15 is 0 Å². The van der Waals surface area contributed by atoms with Gasteiger partial charge in [0, 0.05) is 24.7 Å². The van der Waals surface area contributed by atoms with E-state index in [2.05, 4.69) is 46.1 Å². The van der Waals surface area contributed by atoms with Crippen LogP contribution < -0.4 is 4.74 Å². The van der Waals surface area contributed by atoms with Crippen molar-refractivity contribution in [2.75, 3.05) is 39.3 Å². The van der Waals surface area contributed by atoms with Crippen LogP contribution >= 0.6 is 0 Å². The van der Waals surface area contributed by atoms with Crippen molar-refractivity contribution < 1.29 is 9.57 Å². The SMILES string of the molecule is CC1CCCN1CCCOc1ccc(C(CN2CCCCC2)=NOC(C)(C)C)cc1. The minimum Gasteiger partial charge on any atom is -0.494 e. The van der Waals surface area contributed by atoms with Crippen LogP contribution in [0.1, 0.15) is 71.8 Å². The molecule has 1 aromatic rings. The molecule has 3 rings (SSSR count). The third kappa shape index (κ3) is 7.59. The molecular weight excluding hydrogens is 374 g/mol. The van der Waals surface area contributed by atoms with Crippen LogP contribution in [0.3, 0.4) is 0 Å². The van der Waals surface area contributed by atoms with Crippen LogP contribution in [0.2, 0.25) is 0 Å². The maximum atomic E-state index is 5.99. The van der Waals surface area contributed by atoms with Gasteiger partial charge in [0.25, 0.3) is 0 Å². The van der Waals surface area contributed by atoms with E-state index in [1.807, 2.05) is 20.8 Å². The molecule has 5 heteroatoms. The molecule has 0 amide bonds. The Bertz CT molecular complexity index is 660. The summed E-state index contributed by atoms with van der Waals surface area (Å²) < 4.78 is 5.99. The molecule has 2 heterocycles. The highest BCUT2D eigenvalue weighted by molar-refractivity contribution is 6.01. The molecular formula is C25H41N3O2. The molecule has 0 saturated carbocycles. The first-order valence-electron chi connectivity index (χ1n) is 11.9. The van der Waals surface area contributed by atoms with E-state index in [0.29, 0.717) is 0 Å². The van der Waals surface area contributed by atoms with Crippen molar-refractivity contribution in [3.05, 3.63) is 29.8 Å². The molecule has 2 fully saturated rings. The molecule has 0 aromatic heterocycles. The highest BCUT2D eigenvalue weighted by Crippen LogP contribution is 2.18. The smallest absolute Gasteiger partial charge is 0.129 e. The number of ether oxygens (including phenoxy) is 1. The second-order valence-corrected chi connectivity index (χ2v) is 9.83. The van der Waals surface area contributed by atoms with Crippen LogP contribution in [0.15, 0.2) is 29.4 Å². The average Bonchev–Trinajstić information content (AvgIpc) is 3.14. The number of hydrogen-bond donors (Lipinski definition) is 0. The molecule has 1 atom stereocenters. The molecule has 0 spiro atoms. The van der Waals surface area contributed by atoms with Crippen molar-refractivity contribution in [3.63, 3.8) is 0 Å². The molecule has 0 bridgehead atoms. The lowest BCUT2D eigenvalue weighted by Crippen LogP contribution is -2.35. The lowest BCUT2D eigenvalue weighted by Gasteiger charge is -2.27. The van der Waals surface area contributed by atoms with Gasteiger partial charge in [0.15, 0.2) is 0 Å². The minimum absolute atomic E-state index is 0.289. The fourth-order valence-electron chi connectivity index (χ4n) is 4.22. The number of piperidine rings is 1. The largest absolute Gasteiger partial charge is 0.494 e. The van der Waals surface area contributed by atoms with Crippen molar-refractivity contribution in [1.82, 2.24) is 9.80 Å². The van der Waals surface area contributed by atoms with E-state index in [0.717, 1.165) is 62.3 Å². The topological polar surface area (TPSA) is 37.3 Å². The highest BCUT2D eigenvalue weighted by atomic mass is 16.6. The van der Waals surface area contributed by atoms with Crippen molar-refractivity contribution in [3.8, 4) is 5.75 Å². The lowest BCUT2D eigenvalue weighted by molar-refractivity contribution is 0.000366. The van der Waals surface area contributed by atoms with Gasteiger partial charge in [-0.25, -0.2) is 0 Å². The van der Waals surface area contributed by atoms with Gasteiger partial charge >= 0.3 is 0 Å². The van der Waals surface area contributed by atoms with Crippen molar-refractivity contribution in [2.45, 2.75) is 77.9 Å². The summed E-state index contributed by atoms with van der Waals surface area (Å²) in [6.45, 7) is 14.7. The number of rotatable bonds is 9. The first-order chi connectivity index (χ1) is 14.4. The molecule has 1 unspecified atom stereocenters. The summed E-state index contributed by atoms with van der Waals surface area (Å²) in [5.41, 5.74) is 1.83. The van der Waals surface area contributed by atoms with Crippen LogP contribution in [0.4, 0.5) is 0 Å². The van der Waals surface area contributed by atoms with Gasteiger partial charge in [-0.15, -0.1) is 0 Å². The third-order valence-electron chi connectivity index (χ3n) is 5.99. The molecule has 1 aromatic carbocycles. The van der Waals surface area contributed by atoms with E-state index in [1.54, 1.807) is 0 Å². The molecule has 168 valence electrons. The molecule has 30 heavy (non-hydrogen) atoms. The van der Waals surface area contributed by atoms with Crippen molar-refractivity contribution in [1.29, 1.82) is 0 Å². The second kappa shape index (κ2) is 11.1. The molecule has 0 N–H and O–H groups in total. The first-order valence-corrected chi connectivity index (χ1v) is 11.9. The fraction of sp³-hybridized carbons (Fsp3) is 0.720. The maximum Gasteiger partial charge on any atom is 0.129 e. The Morgan fingerprint density at radius 2 is 1.77 bits per heavy atom. The quantitative estimate of drug-likeness (QED) is 0.325. The van der Waals surface area contributed by atoms with Crippen LogP contribution in [0.5, 0.6) is 5.75 Å². The van der Waals surface area contributed by atoms with E-state index < -0.39 is 0 Å². The van der Waals surface area contributed by atoms with Crippen molar-refractivity contribution in [2.24, 2.45) is 5.16 Å². The minimum atomic E-state index is -0.289. The Hall–Kier alpha value is -1.59. The summed E-state index contributed by atoms with van der Waals surface area (Å²) in [4.78, 5) is 10.8. The second-order valence-electron chi connectivity index (χ2n) is 9.83. The summed E-state index contributed by atoms with van der Waals surface area (Å²) in [5.74, 6) is 0.933. The number of nitrogens with zero attached hydrogens (tertiary/aromatic N) is 3. The van der Waals surface area contributed by atoms with Gasteiger partial charge in [0.05, 0.1) is 6.61 Å². The Labute approximate surface area is 183 Å². The first kappa shape index (κ1) is 23.1.